The molecule has 0 amide bonds. The average Bonchev–Trinajstić information content (AvgIpc) is 2.90. The number of rotatable bonds is 6. The summed E-state index contributed by atoms with van der Waals surface area (Å²) in [5, 5.41) is 4.53. The molecule has 0 radical (unpaired) electrons. The first-order valence-corrected chi connectivity index (χ1v) is 6.66. The maximum absolute atomic E-state index is 12.0. The highest BCUT2D eigenvalue weighted by atomic mass is 16.1. The van der Waals surface area contributed by atoms with Crippen LogP contribution in [0, 0.1) is 5.41 Å². The summed E-state index contributed by atoms with van der Waals surface area (Å²) in [6.45, 7) is 6.41. The van der Waals surface area contributed by atoms with Crippen molar-refractivity contribution in [2.24, 2.45) is 5.41 Å². The summed E-state index contributed by atoms with van der Waals surface area (Å²) in [6.07, 6.45) is 6.80. The van der Waals surface area contributed by atoms with Crippen molar-refractivity contribution in [3.05, 3.63) is 18.0 Å². The first-order chi connectivity index (χ1) is 8.09. The van der Waals surface area contributed by atoms with Gasteiger partial charge in [0.15, 0.2) is 0 Å². The largest absolute Gasteiger partial charge is 0.299 e. The third-order valence-corrected chi connectivity index (χ3v) is 4.00. The maximum atomic E-state index is 12.0. The second-order valence-electron chi connectivity index (χ2n) is 5.42. The molecule has 2 rings (SSSR count). The van der Waals surface area contributed by atoms with Gasteiger partial charge in [0.2, 0.25) is 0 Å². The maximum Gasteiger partial charge on any atom is 0.144 e. The Hall–Kier alpha value is -1.12. The Bertz CT molecular complexity index is 400. The van der Waals surface area contributed by atoms with Crippen LogP contribution in [-0.4, -0.2) is 15.6 Å². The van der Waals surface area contributed by atoms with Crippen LogP contribution >= 0.6 is 0 Å². The third kappa shape index (κ3) is 2.59. The molecule has 17 heavy (non-hydrogen) atoms. The molecular weight excluding hydrogens is 212 g/mol. The molecule has 94 valence electrons. The summed E-state index contributed by atoms with van der Waals surface area (Å²) < 4.78 is 2.01. The van der Waals surface area contributed by atoms with E-state index in [9.17, 15) is 4.79 Å². The van der Waals surface area contributed by atoms with E-state index < -0.39 is 0 Å². The lowest BCUT2D eigenvalue weighted by molar-refractivity contribution is -0.122. The number of nitrogens with zero attached hydrogens (tertiary/aromatic N) is 2. The van der Waals surface area contributed by atoms with Gasteiger partial charge in [-0.25, -0.2) is 0 Å². The van der Waals surface area contributed by atoms with Crippen molar-refractivity contribution >= 4 is 5.78 Å². The molecule has 0 spiro atoms. The molecule has 0 N–H and O–H groups in total. The van der Waals surface area contributed by atoms with E-state index in [1.165, 1.54) is 0 Å². The van der Waals surface area contributed by atoms with Crippen molar-refractivity contribution in [2.45, 2.75) is 58.9 Å². The molecule has 1 heterocycles. The number of hydrogen-bond donors (Lipinski definition) is 0. The number of carbonyl (C=O) groups is 1. The third-order valence-electron chi connectivity index (χ3n) is 4.00. The van der Waals surface area contributed by atoms with E-state index in [1.807, 2.05) is 16.9 Å². The van der Waals surface area contributed by atoms with Crippen LogP contribution in [0.15, 0.2) is 12.3 Å². The smallest absolute Gasteiger partial charge is 0.144 e. The lowest BCUT2D eigenvalue weighted by Gasteiger charge is -2.12. The summed E-state index contributed by atoms with van der Waals surface area (Å²) in [7, 11) is 0. The van der Waals surface area contributed by atoms with Crippen molar-refractivity contribution < 1.29 is 4.79 Å². The summed E-state index contributed by atoms with van der Waals surface area (Å²) in [5.74, 6) is 0.354. The van der Waals surface area contributed by atoms with Gasteiger partial charge in [-0.1, -0.05) is 20.8 Å². The Morgan fingerprint density at radius 3 is 2.65 bits per heavy atom. The molecule has 0 aromatic carbocycles. The number of carbonyl (C=O) groups excluding carboxylic acids is 1. The molecule has 3 heteroatoms. The zero-order valence-corrected chi connectivity index (χ0v) is 11.1. The minimum absolute atomic E-state index is 0.0291. The number of aromatic nitrogens is 2. The molecule has 3 nitrogen and oxygen atoms in total. The SMILES string of the molecule is CCC(CC)n1ccc(CC(=O)C2(C)CC2)n1. The molecule has 1 aliphatic carbocycles. The molecule has 0 unspecified atom stereocenters. The second-order valence-corrected chi connectivity index (χ2v) is 5.42. The molecular formula is C14H22N2O. The van der Waals surface area contributed by atoms with E-state index in [4.69, 9.17) is 0 Å². The number of hydrogen-bond acceptors (Lipinski definition) is 2. The second kappa shape index (κ2) is 4.63. The van der Waals surface area contributed by atoms with Crippen molar-refractivity contribution in [3.63, 3.8) is 0 Å². The summed E-state index contributed by atoms with van der Waals surface area (Å²) in [4.78, 5) is 12.0. The van der Waals surface area contributed by atoms with Gasteiger partial charge < -0.3 is 0 Å². The van der Waals surface area contributed by atoms with Crippen molar-refractivity contribution in [2.75, 3.05) is 0 Å². The Morgan fingerprint density at radius 1 is 1.47 bits per heavy atom. The van der Waals surface area contributed by atoms with Gasteiger partial charge >= 0.3 is 0 Å². The van der Waals surface area contributed by atoms with Crippen LogP contribution in [0.3, 0.4) is 0 Å². The summed E-state index contributed by atoms with van der Waals surface area (Å²) in [5.41, 5.74) is 0.897. The van der Waals surface area contributed by atoms with Crippen LogP contribution in [0.4, 0.5) is 0 Å². The molecule has 1 saturated carbocycles. The van der Waals surface area contributed by atoms with Crippen molar-refractivity contribution in [3.8, 4) is 0 Å². The van der Waals surface area contributed by atoms with Crippen LogP contribution in [0.1, 0.15) is 58.2 Å². The van der Waals surface area contributed by atoms with Crippen LogP contribution in [-0.2, 0) is 11.2 Å². The Morgan fingerprint density at radius 2 is 2.12 bits per heavy atom. The van der Waals surface area contributed by atoms with Gasteiger partial charge in [-0.15, -0.1) is 0 Å². The molecule has 1 aromatic heterocycles. The molecule has 1 fully saturated rings. The molecule has 1 aliphatic rings. The lowest BCUT2D eigenvalue weighted by atomic mass is 10.00. The van der Waals surface area contributed by atoms with Crippen LogP contribution in [0.25, 0.3) is 0 Å². The fraction of sp³-hybridized carbons (Fsp3) is 0.714. The summed E-state index contributed by atoms with van der Waals surface area (Å²) in [6, 6.07) is 2.46. The fourth-order valence-electron chi connectivity index (χ4n) is 2.18. The monoisotopic (exact) mass is 234 g/mol. The van der Waals surface area contributed by atoms with Gasteiger partial charge in [0.25, 0.3) is 0 Å². The van der Waals surface area contributed by atoms with Crippen LogP contribution in [0.5, 0.6) is 0 Å². The molecule has 0 atom stereocenters. The van der Waals surface area contributed by atoms with Gasteiger partial charge in [0.1, 0.15) is 5.78 Å². The van der Waals surface area contributed by atoms with Gasteiger partial charge in [0, 0.05) is 11.6 Å². The van der Waals surface area contributed by atoms with Crippen molar-refractivity contribution in [1.82, 2.24) is 9.78 Å². The highest BCUT2D eigenvalue weighted by molar-refractivity contribution is 5.88. The quantitative estimate of drug-likeness (QED) is 0.757. The Kier molecular flexibility index (Phi) is 3.36. The lowest BCUT2D eigenvalue weighted by Crippen LogP contribution is -2.15. The first-order valence-electron chi connectivity index (χ1n) is 6.66. The van der Waals surface area contributed by atoms with Crippen LogP contribution < -0.4 is 0 Å². The molecule has 1 aromatic rings. The molecule has 0 bridgehead atoms. The van der Waals surface area contributed by atoms with Crippen LogP contribution in [0.2, 0.25) is 0 Å². The van der Waals surface area contributed by atoms with E-state index in [0.717, 1.165) is 31.4 Å². The van der Waals surface area contributed by atoms with Crippen molar-refractivity contribution in [1.29, 1.82) is 0 Å². The van der Waals surface area contributed by atoms with Gasteiger partial charge in [-0.05, 0) is 31.7 Å². The highest BCUT2D eigenvalue weighted by Gasteiger charge is 2.44. The van der Waals surface area contributed by atoms with Gasteiger partial charge in [-0.2, -0.15) is 5.10 Å². The average molecular weight is 234 g/mol. The summed E-state index contributed by atoms with van der Waals surface area (Å²) >= 11 is 0. The van der Waals surface area contributed by atoms with E-state index in [0.29, 0.717) is 18.2 Å². The zero-order chi connectivity index (χ0) is 12.5. The van der Waals surface area contributed by atoms with Gasteiger partial charge in [0.05, 0.1) is 18.2 Å². The number of ketones is 1. The highest BCUT2D eigenvalue weighted by Crippen LogP contribution is 2.46. The standard InChI is InChI=1S/C14H22N2O/c1-4-12(5-2)16-9-6-11(15-16)10-13(17)14(3)7-8-14/h6,9,12H,4-5,7-8,10H2,1-3H3. The van der Waals surface area contributed by atoms with Gasteiger partial charge in [-0.3, -0.25) is 9.48 Å². The normalized spacial score (nSPS) is 17.4. The first kappa shape index (κ1) is 12.3. The van der Waals surface area contributed by atoms with E-state index >= 15 is 0 Å². The van der Waals surface area contributed by atoms with E-state index in [-0.39, 0.29) is 5.41 Å². The molecule has 0 aliphatic heterocycles. The van der Waals surface area contributed by atoms with E-state index in [1.54, 1.807) is 0 Å². The predicted molar refractivity (Wildman–Crippen MR) is 67.9 cm³/mol. The fourth-order valence-corrected chi connectivity index (χ4v) is 2.18. The Labute approximate surface area is 103 Å². The molecule has 0 saturated heterocycles. The minimum atomic E-state index is -0.0291. The zero-order valence-electron chi connectivity index (χ0n) is 11.1. The minimum Gasteiger partial charge on any atom is -0.299 e. The number of Topliss-reactive ketones (excluding diaryl/α,β-unsaturated/α-hetero) is 1. The predicted octanol–water partition coefficient (Wildman–Crippen LogP) is 3.16. The Balaban J connectivity index is 2.00. The topological polar surface area (TPSA) is 34.9 Å². The van der Waals surface area contributed by atoms with E-state index in [2.05, 4.69) is 25.9 Å².